The van der Waals surface area contributed by atoms with Gasteiger partial charge in [-0.25, -0.2) is 23.7 Å². The number of nitrogens with zero attached hydrogens (tertiary/aromatic N) is 5. The summed E-state index contributed by atoms with van der Waals surface area (Å²) in [7, 11) is 0. The Morgan fingerprint density at radius 1 is 1.03 bits per heavy atom. The number of piperazine rings is 1. The summed E-state index contributed by atoms with van der Waals surface area (Å²) in [6.07, 6.45) is 4.99. The minimum Gasteiger partial charge on any atom is -0.314 e. The lowest BCUT2D eigenvalue weighted by molar-refractivity contribution is 0.233. The summed E-state index contributed by atoms with van der Waals surface area (Å²) in [5, 5.41) is 14.1. The molecular formula is C24H24F2N8. The second kappa shape index (κ2) is 8.69. The molecule has 0 bridgehead atoms. The van der Waals surface area contributed by atoms with E-state index in [9.17, 15) is 8.78 Å². The van der Waals surface area contributed by atoms with E-state index < -0.39 is 11.6 Å². The van der Waals surface area contributed by atoms with Crippen LogP contribution >= 0.6 is 0 Å². The van der Waals surface area contributed by atoms with E-state index >= 15 is 0 Å². The van der Waals surface area contributed by atoms with Crippen LogP contribution in [-0.2, 0) is 6.54 Å². The van der Waals surface area contributed by atoms with Crippen molar-refractivity contribution in [3.8, 4) is 11.3 Å². The summed E-state index contributed by atoms with van der Waals surface area (Å²) in [5.74, 6) is -0.0410. The van der Waals surface area contributed by atoms with E-state index in [1.165, 1.54) is 6.07 Å². The summed E-state index contributed by atoms with van der Waals surface area (Å²) in [4.78, 5) is 15.2. The van der Waals surface area contributed by atoms with Gasteiger partial charge in [-0.1, -0.05) is 6.07 Å². The molecule has 8 nitrogen and oxygen atoms in total. The van der Waals surface area contributed by atoms with E-state index in [1.54, 1.807) is 6.07 Å². The van der Waals surface area contributed by atoms with Crippen molar-refractivity contribution in [3.63, 3.8) is 0 Å². The maximum absolute atomic E-state index is 14.7. The number of H-pyrrole nitrogens is 1. The molecule has 34 heavy (non-hydrogen) atoms. The Balaban J connectivity index is 1.24. The molecule has 4 aromatic rings. The average Bonchev–Trinajstić information content (AvgIpc) is 3.61. The molecular weight excluding hydrogens is 438 g/mol. The van der Waals surface area contributed by atoms with E-state index in [4.69, 9.17) is 0 Å². The molecule has 2 fully saturated rings. The first kappa shape index (κ1) is 21.1. The van der Waals surface area contributed by atoms with Crippen molar-refractivity contribution >= 4 is 22.7 Å². The fraction of sp³-hybridized carbons (Fsp3) is 0.333. The molecule has 3 aromatic heterocycles. The third-order valence-electron chi connectivity index (χ3n) is 6.33. The highest BCUT2D eigenvalue weighted by atomic mass is 19.1. The van der Waals surface area contributed by atoms with Crippen LogP contribution in [0.4, 0.5) is 20.5 Å². The molecule has 1 aromatic carbocycles. The van der Waals surface area contributed by atoms with Crippen LogP contribution < -0.4 is 10.6 Å². The first-order chi connectivity index (χ1) is 16.6. The molecule has 1 saturated heterocycles. The summed E-state index contributed by atoms with van der Waals surface area (Å²) in [5.41, 5.74) is 2.65. The molecule has 6 rings (SSSR count). The van der Waals surface area contributed by atoms with Crippen molar-refractivity contribution in [1.82, 2.24) is 35.4 Å². The van der Waals surface area contributed by atoms with Crippen LogP contribution in [0.5, 0.6) is 0 Å². The number of hydrogen-bond acceptors (Lipinski definition) is 7. The van der Waals surface area contributed by atoms with Crippen molar-refractivity contribution in [2.75, 3.05) is 31.5 Å². The number of anilines is 2. The van der Waals surface area contributed by atoms with E-state index in [0.29, 0.717) is 22.7 Å². The highest BCUT2D eigenvalue weighted by molar-refractivity contribution is 5.87. The highest BCUT2D eigenvalue weighted by Gasteiger charge is 2.28. The van der Waals surface area contributed by atoms with Crippen molar-refractivity contribution in [2.45, 2.75) is 25.3 Å². The Kier molecular flexibility index (Phi) is 5.39. The van der Waals surface area contributed by atoms with Gasteiger partial charge in [-0.2, -0.15) is 5.10 Å². The van der Waals surface area contributed by atoms with Crippen LogP contribution in [-0.4, -0.2) is 56.2 Å². The van der Waals surface area contributed by atoms with Crippen LogP contribution in [0.3, 0.4) is 0 Å². The quantitative estimate of drug-likeness (QED) is 0.402. The van der Waals surface area contributed by atoms with Gasteiger partial charge in [0.2, 0.25) is 5.95 Å². The molecule has 2 aliphatic rings. The Morgan fingerprint density at radius 3 is 2.65 bits per heavy atom. The van der Waals surface area contributed by atoms with Crippen LogP contribution in [0.15, 0.2) is 36.7 Å². The number of aromatic amines is 1. The monoisotopic (exact) mass is 462 g/mol. The fourth-order valence-electron chi connectivity index (χ4n) is 4.38. The number of nitrogens with one attached hydrogen (secondary N) is 3. The largest absolute Gasteiger partial charge is 0.314 e. The summed E-state index contributed by atoms with van der Waals surface area (Å²) in [6.45, 7) is 4.86. The summed E-state index contributed by atoms with van der Waals surface area (Å²) >= 11 is 0. The fourth-order valence-corrected chi connectivity index (χ4v) is 4.38. The molecule has 0 amide bonds. The average molecular weight is 463 g/mol. The zero-order chi connectivity index (χ0) is 23.1. The van der Waals surface area contributed by atoms with Gasteiger partial charge in [-0.05, 0) is 36.6 Å². The number of hydrogen-bond donors (Lipinski definition) is 3. The Morgan fingerprint density at radius 2 is 1.88 bits per heavy atom. The van der Waals surface area contributed by atoms with Gasteiger partial charge in [0.05, 0.1) is 6.20 Å². The Labute approximate surface area is 194 Å². The molecule has 10 heteroatoms. The predicted molar refractivity (Wildman–Crippen MR) is 125 cm³/mol. The minimum absolute atomic E-state index is 0.0246. The molecule has 0 spiro atoms. The second-order valence-electron chi connectivity index (χ2n) is 8.86. The van der Waals surface area contributed by atoms with E-state index in [-0.39, 0.29) is 17.2 Å². The van der Waals surface area contributed by atoms with E-state index in [1.807, 2.05) is 18.3 Å². The topological polar surface area (TPSA) is 94.7 Å². The lowest BCUT2D eigenvalue weighted by Crippen LogP contribution is -2.42. The lowest BCUT2D eigenvalue weighted by atomic mass is 10.1. The molecule has 0 unspecified atom stereocenters. The molecule has 0 radical (unpaired) electrons. The summed E-state index contributed by atoms with van der Waals surface area (Å²) < 4.78 is 29.4. The maximum Gasteiger partial charge on any atom is 0.229 e. The van der Waals surface area contributed by atoms with Crippen LogP contribution in [0, 0.1) is 11.6 Å². The van der Waals surface area contributed by atoms with Crippen LogP contribution in [0.2, 0.25) is 0 Å². The second-order valence-corrected chi connectivity index (χ2v) is 8.86. The van der Waals surface area contributed by atoms with Gasteiger partial charge in [0.25, 0.3) is 0 Å². The highest BCUT2D eigenvalue weighted by Crippen LogP contribution is 2.43. The van der Waals surface area contributed by atoms with Crippen molar-refractivity contribution in [1.29, 1.82) is 0 Å². The molecule has 174 valence electrons. The van der Waals surface area contributed by atoms with Gasteiger partial charge in [0.1, 0.15) is 17.0 Å². The maximum atomic E-state index is 14.7. The van der Waals surface area contributed by atoms with Crippen LogP contribution in [0.1, 0.15) is 30.0 Å². The lowest BCUT2D eigenvalue weighted by Gasteiger charge is -2.27. The normalized spacial score (nSPS) is 16.8. The number of fused-ring (bicyclic) bond motifs is 1. The molecule has 3 N–H and O–H groups in total. The van der Waals surface area contributed by atoms with Crippen molar-refractivity contribution in [2.24, 2.45) is 0 Å². The third kappa shape index (κ3) is 4.22. The molecule has 1 saturated carbocycles. The first-order valence-electron chi connectivity index (χ1n) is 11.5. The Hall–Kier alpha value is -3.50. The minimum atomic E-state index is -0.625. The number of rotatable bonds is 6. The SMILES string of the molecule is Fc1cnc(Nc2ccc(CN3CCNCC3)cn2)nc1-c1cc(F)c2n[nH]c(C3CC3)c2c1. The predicted octanol–water partition coefficient (Wildman–Crippen LogP) is 3.72. The van der Waals surface area contributed by atoms with E-state index in [0.717, 1.165) is 63.0 Å². The number of aromatic nitrogens is 5. The molecule has 4 heterocycles. The van der Waals surface area contributed by atoms with Gasteiger partial charge >= 0.3 is 0 Å². The standard InChI is InChI=1S/C24H24F2N8/c25-18-10-16(9-17-21(15-2-3-15)32-33-23(17)18)22-19(26)12-29-24(31-22)30-20-4-1-14(11-28-20)13-34-7-5-27-6-8-34/h1,4,9-12,15,27H,2-3,5-8,13H2,(H,32,33)(H,28,29,30,31). The van der Waals surface area contributed by atoms with Gasteiger partial charge in [-0.3, -0.25) is 10.00 Å². The van der Waals surface area contributed by atoms with Gasteiger partial charge in [0, 0.05) is 61.5 Å². The number of benzene rings is 1. The smallest absolute Gasteiger partial charge is 0.229 e. The number of halogens is 2. The molecule has 0 atom stereocenters. The van der Waals surface area contributed by atoms with Gasteiger partial charge < -0.3 is 10.6 Å². The zero-order valence-electron chi connectivity index (χ0n) is 18.5. The first-order valence-corrected chi connectivity index (χ1v) is 11.5. The van der Waals surface area contributed by atoms with Crippen molar-refractivity contribution < 1.29 is 8.78 Å². The van der Waals surface area contributed by atoms with E-state index in [2.05, 4.69) is 40.7 Å². The van der Waals surface area contributed by atoms with Gasteiger partial charge in [-0.15, -0.1) is 0 Å². The zero-order valence-corrected chi connectivity index (χ0v) is 18.5. The van der Waals surface area contributed by atoms with Crippen molar-refractivity contribution in [3.05, 3.63) is 59.6 Å². The third-order valence-corrected chi connectivity index (χ3v) is 6.33. The molecule has 1 aliphatic carbocycles. The summed E-state index contributed by atoms with van der Waals surface area (Å²) in [6, 6.07) is 6.86. The molecule has 1 aliphatic heterocycles. The van der Waals surface area contributed by atoms with Crippen LogP contribution in [0.25, 0.3) is 22.2 Å². The number of pyridine rings is 1. The Bertz CT molecular complexity index is 1330. The van der Waals surface area contributed by atoms with Gasteiger partial charge in [0.15, 0.2) is 11.6 Å².